The molecule has 0 radical (unpaired) electrons. The first-order chi connectivity index (χ1) is 11.4. The van der Waals surface area contributed by atoms with Crippen molar-refractivity contribution in [2.24, 2.45) is 0 Å². The molecular weight excluding hydrogens is 328 g/mol. The van der Waals surface area contributed by atoms with E-state index in [9.17, 15) is 8.42 Å². The quantitative estimate of drug-likeness (QED) is 0.880. The summed E-state index contributed by atoms with van der Waals surface area (Å²) in [5, 5.41) is 8.25. The van der Waals surface area contributed by atoms with Crippen molar-refractivity contribution in [1.29, 1.82) is 0 Å². The van der Waals surface area contributed by atoms with Crippen LogP contribution in [0, 0.1) is 6.92 Å². The summed E-state index contributed by atoms with van der Waals surface area (Å²) in [7, 11) is -3.14. The maximum atomic E-state index is 11.3. The molecule has 2 heterocycles. The molecule has 3 rings (SSSR count). The van der Waals surface area contributed by atoms with E-state index in [2.05, 4.69) is 19.8 Å². The number of sulfonamides is 1. The van der Waals surface area contributed by atoms with Crippen LogP contribution in [0.4, 0.5) is 0 Å². The predicted octanol–water partition coefficient (Wildman–Crippen LogP) is 1.56. The molecule has 0 amide bonds. The van der Waals surface area contributed by atoms with E-state index < -0.39 is 10.0 Å². The van der Waals surface area contributed by atoms with Gasteiger partial charge in [-0.1, -0.05) is 17.7 Å². The number of rotatable bonds is 5. The standard InChI is InChI=1S/C16H22N4O3S/c1-12-4-3-5-13(10-12)16-18-17-15(23-16)11-20-8-6-14(7-9-20)19-24(2,21)22/h3-5,10,14,19H,6-9,11H2,1-2H3. The number of benzene rings is 1. The number of nitrogens with one attached hydrogen (secondary N) is 1. The summed E-state index contributed by atoms with van der Waals surface area (Å²) in [4.78, 5) is 2.20. The number of aromatic nitrogens is 2. The van der Waals surface area contributed by atoms with Gasteiger partial charge in [-0.15, -0.1) is 10.2 Å². The van der Waals surface area contributed by atoms with Crippen molar-refractivity contribution in [3.63, 3.8) is 0 Å². The van der Waals surface area contributed by atoms with Gasteiger partial charge in [-0.3, -0.25) is 4.90 Å². The van der Waals surface area contributed by atoms with Gasteiger partial charge in [0.1, 0.15) is 0 Å². The van der Waals surface area contributed by atoms with E-state index in [-0.39, 0.29) is 6.04 Å². The normalized spacial score (nSPS) is 17.2. The van der Waals surface area contributed by atoms with Crippen LogP contribution < -0.4 is 4.72 Å². The summed E-state index contributed by atoms with van der Waals surface area (Å²) < 4.78 is 31.0. The van der Waals surface area contributed by atoms with Gasteiger partial charge in [-0.2, -0.15) is 0 Å². The summed E-state index contributed by atoms with van der Waals surface area (Å²) in [6, 6.07) is 7.97. The van der Waals surface area contributed by atoms with Crippen molar-refractivity contribution in [3.8, 4) is 11.5 Å². The van der Waals surface area contributed by atoms with Gasteiger partial charge in [-0.25, -0.2) is 13.1 Å². The second kappa shape index (κ2) is 7.00. The van der Waals surface area contributed by atoms with E-state index in [1.165, 1.54) is 6.26 Å². The summed E-state index contributed by atoms with van der Waals surface area (Å²) in [5.74, 6) is 1.11. The minimum Gasteiger partial charge on any atom is -0.419 e. The second-order valence-corrected chi connectivity index (χ2v) is 8.09. The molecule has 7 nitrogen and oxygen atoms in total. The molecule has 8 heteroatoms. The fraction of sp³-hybridized carbons (Fsp3) is 0.500. The van der Waals surface area contributed by atoms with Crippen molar-refractivity contribution >= 4 is 10.0 Å². The van der Waals surface area contributed by atoms with Crippen LogP contribution in [0.3, 0.4) is 0 Å². The van der Waals surface area contributed by atoms with Crippen LogP contribution in [-0.4, -0.2) is 48.9 Å². The van der Waals surface area contributed by atoms with Gasteiger partial charge < -0.3 is 4.42 Å². The van der Waals surface area contributed by atoms with E-state index in [0.717, 1.165) is 37.1 Å². The largest absolute Gasteiger partial charge is 0.419 e. The summed E-state index contributed by atoms with van der Waals surface area (Å²) in [6.07, 6.45) is 2.77. The third-order valence-electron chi connectivity index (χ3n) is 4.06. The van der Waals surface area contributed by atoms with Crippen LogP contribution >= 0.6 is 0 Å². The van der Waals surface area contributed by atoms with E-state index in [1.54, 1.807) is 0 Å². The maximum absolute atomic E-state index is 11.3. The lowest BCUT2D eigenvalue weighted by Crippen LogP contribution is -2.43. The maximum Gasteiger partial charge on any atom is 0.247 e. The molecule has 1 fully saturated rings. The van der Waals surface area contributed by atoms with Crippen molar-refractivity contribution in [1.82, 2.24) is 19.8 Å². The topological polar surface area (TPSA) is 88.3 Å². The number of hydrogen-bond acceptors (Lipinski definition) is 6. The number of piperidine rings is 1. The highest BCUT2D eigenvalue weighted by Crippen LogP contribution is 2.20. The van der Waals surface area contributed by atoms with Crippen LogP contribution in [0.1, 0.15) is 24.3 Å². The van der Waals surface area contributed by atoms with Crippen molar-refractivity contribution in [2.75, 3.05) is 19.3 Å². The van der Waals surface area contributed by atoms with Gasteiger partial charge >= 0.3 is 0 Å². The Morgan fingerprint density at radius 1 is 1.29 bits per heavy atom. The fourth-order valence-corrected chi connectivity index (χ4v) is 3.76. The molecule has 0 atom stereocenters. The lowest BCUT2D eigenvalue weighted by atomic mass is 10.1. The lowest BCUT2D eigenvalue weighted by molar-refractivity contribution is 0.184. The Balaban J connectivity index is 1.56. The highest BCUT2D eigenvalue weighted by molar-refractivity contribution is 7.88. The third kappa shape index (κ3) is 4.62. The second-order valence-electron chi connectivity index (χ2n) is 6.31. The summed E-state index contributed by atoms with van der Waals surface area (Å²) in [6.45, 7) is 4.21. The van der Waals surface area contributed by atoms with Crippen molar-refractivity contribution in [3.05, 3.63) is 35.7 Å². The molecule has 1 N–H and O–H groups in total. The first-order valence-electron chi connectivity index (χ1n) is 7.98. The van der Waals surface area contributed by atoms with Gasteiger partial charge in [0.15, 0.2) is 0 Å². The number of likely N-dealkylation sites (tertiary alicyclic amines) is 1. The molecule has 0 unspecified atom stereocenters. The molecule has 1 aliphatic rings. The Labute approximate surface area is 142 Å². The predicted molar refractivity (Wildman–Crippen MR) is 90.7 cm³/mol. The van der Waals surface area contributed by atoms with Crippen molar-refractivity contribution < 1.29 is 12.8 Å². The molecule has 1 aliphatic heterocycles. The molecule has 0 spiro atoms. The Hall–Kier alpha value is -1.77. The Morgan fingerprint density at radius 3 is 2.71 bits per heavy atom. The minimum absolute atomic E-state index is 0.0155. The molecule has 24 heavy (non-hydrogen) atoms. The number of nitrogens with zero attached hydrogens (tertiary/aromatic N) is 3. The molecule has 1 aromatic carbocycles. The van der Waals surface area contributed by atoms with E-state index in [4.69, 9.17) is 4.42 Å². The Morgan fingerprint density at radius 2 is 2.04 bits per heavy atom. The summed E-state index contributed by atoms with van der Waals surface area (Å²) >= 11 is 0. The molecule has 1 aromatic heterocycles. The van der Waals surface area contributed by atoms with Crippen LogP contribution in [0.2, 0.25) is 0 Å². The molecule has 1 saturated heterocycles. The lowest BCUT2D eigenvalue weighted by Gasteiger charge is -2.30. The highest BCUT2D eigenvalue weighted by Gasteiger charge is 2.23. The molecule has 130 valence electrons. The van der Waals surface area contributed by atoms with Crippen molar-refractivity contribution in [2.45, 2.75) is 32.4 Å². The van der Waals surface area contributed by atoms with E-state index in [1.807, 2.05) is 31.2 Å². The monoisotopic (exact) mass is 350 g/mol. The Bertz CT molecular complexity index is 795. The van der Waals surface area contributed by atoms with E-state index in [0.29, 0.717) is 18.3 Å². The molecular formula is C16H22N4O3S. The first kappa shape index (κ1) is 17.1. The van der Waals surface area contributed by atoms with Gasteiger partial charge in [0, 0.05) is 24.7 Å². The average Bonchev–Trinajstić information content (AvgIpc) is 2.96. The number of aryl methyl sites for hydroxylation is 1. The van der Waals surface area contributed by atoms with E-state index >= 15 is 0 Å². The van der Waals surface area contributed by atoms with Gasteiger partial charge in [0.05, 0.1) is 12.8 Å². The van der Waals surface area contributed by atoms with Gasteiger partial charge in [0.25, 0.3) is 0 Å². The average molecular weight is 350 g/mol. The zero-order valence-corrected chi connectivity index (χ0v) is 14.7. The molecule has 0 aliphatic carbocycles. The van der Waals surface area contributed by atoms with Crippen LogP contribution in [0.25, 0.3) is 11.5 Å². The van der Waals surface area contributed by atoms with Gasteiger partial charge in [0.2, 0.25) is 21.8 Å². The number of hydrogen-bond donors (Lipinski definition) is 1. The Kier molecular flexibility index (Phi) is 4.98. The molecule has 0 saturated carbocycles. The minimum atomic E-state index is -3.14. The van der Waals surface area contributed by atoms with Crippen LogP contribution in [0.5, 0.6) is 0 Å². The van der Waals surface area contributed by atoms with Crippen LogP contribution in [0.15, 0.2) is 28.7 Å². The zero-order valence-electron chi connectivity index (χ0n) is 13.9. The zero-order chi connectivity index (χ0) is 17.2. The van der Waals surface area contributed by atoms with Crippen LogP contribution in [-0.2, 0) is 16.6 Å². The fourth-order valence-electron chi connectivity index (χ4n) is 2.92. The molecule has 2 aromatic rings. The highest BCUT2D eigenvalue weighted by atomic mass is 32.2. The smallest absolute Gasteiger partial charge is 0.247 e. The summed E-state index contributed by atoms with van der Waals surface area (Å²) in [5.41, 5.74) is 2.07. The SMILES string of the molecule is Cc1cccc(-c2nnc(CN3CCC(NS(C)(=O)=O)CC3)o2)c1. The van der Waals surface area contributed by atoms with Gasteiger partial charge in [-0.05, 0) is 31.9 Å². The molecule has 0 bridgehead atoms. The third-order valence-corrected chi connectivity index (χ3v) is 4.82. The first-order valence-corrected chi connectivity index (χ1v) is 9.87.